The fourth-order valence-corrected chi connectivity index (χ4v) is 3.03. The van der Waals surface area contributed by atoms with Crippen molar-refractivity contribution in [3.8, 4) is 5.75 Å². The van der Waals surface area contributed by atoms with Crippen LogP contribution in [-0.4, -0.2) is 30.4 Å². The molecule has 0 bridgehead atoms. The average molecular weight is 381 g/mol. The summed E-state index contributed by atoms with van der Waals surface area (Å²) in [7, 11) is 1.50. The monoisotopic (exact) mass is 381 g/mol. The summed E-state index contributed by atoms with van der Waals surface area (Å²) in [6, 6.07) is 11.2. The molecule has 0 unspecified atom stereocenters. The second kappa shape index (κ2) is 8.34. The highest BCUT2D eigenvalue weighted by atomic mass is 16.6. The van der Waals surface area contributed by atoms with Gasteiger partial charge in [-0.25, -0.2) is 0 Å². The van der Waals surface area contributed by atoms with Crippen molar-refractivity contribution in [2.24, 2.45) is 0 Å². The summed E-state index contributed by atoms with van der Waals surface area (Å²) in [5.41, 5.74) is 1.42. The van der Waals surface area contributed by atoms with Gasteiger partial charge in [-0.15, -0.1) is 0 Å². The standard InChI is InChI=1S/C20H19N3O5/c1-28-18-13-15(9-10-17(18)22-12-4-7-20(22)25)21-19(24)11-8-14-5-2-3-6-16(14)23(26)27/h2-3,5-6,8-11,13H,4,7,12H2,1H3,(H,21,24)/b11-8+. The smallest absolute Gasteiger partial charge is 0.276 e. The predicted octanol–water partition coefficient (Wildman–Crippen LogP) is 3.38. The lowest BCUT2D eigenvalue weighted by Gasteiger charge is -2.19. The van der Waals surface area contributed by atoms with E-state index in [2.05, 4.69) is 5.32 Å². The maximum atomic E-state index is 12.2. The maximum Gasteiger partial charge on any atom is 0.276 e. The Morgan fingerprint density at radius 3 is 2.75 bits per heavy atom. The molecule has 0 aliphatic carbocycles. The van der Waals surface area contributed by atoms with E-state index in [-0.39, 0.29) is 11.6 Å². The number of amides is 2. The number of nitro benzene ring substituents is 1. The van der Waals surface area contributed by atoms with Crippen LogP contribution in [0.15, 0.2) is 48.5 Å². The Labute approximate surface area is 161 Å². The van der Waals surface area contributed by atoms with Gasteiger partial charge < -0.3 is 15.0 Å². The van der Waals surface area contributed by atoms with Gasteiger partial charge in [-0.3, -0.25) is 19.7 Å². The van der Waals surface area contributed by atoms with E-state index >= 15 is 0 Å². The quantitative estimate of drug-likeness (QED) is 0.469. The lowest BCUT2D eigenvalue weighted by molar-refractivity contribution is -0.385. The molecule has 8 heteroatoms. The lowest BCUT2D eigenvalue weighted by atomic mass is 10.1. The summed E-state index contributed by atoms with van der Waals surface area (Å²) in [6.45, 7) is 0.638. The maximum absolute atomic E-state index is 12.2. The molecule has 3 rings (SSSR count). The Balaban J connectivity index is 1.74. The molecule has 1 aliphatic rings. The van der Waals surface area contributed by atoms with Gasteiger partial charge >= 0.3 is 0 Å². The van der Waals surface area contributed by atoms with Gasteiger partial charge in [0.25, 0.3) is 5.69 Å². The molecule has 1 heterocycles. The minimum absolute atomic E-state index is 0.0440. The van der Waals surface area contributed by atoms with Crippen LogP contribution in [0.25, 0.3) is 6.08 Å². The number of nitrogens with zero attached hydrogens (tertiary/aromatic N) is 2. The summed E-state index contributed by atoms with van der Waals surface area (Å²) in [6.07, 6.45) is 3.93. The zero-order chi connectivity index (χ0) is 20.1. The van der Waals surface area contributed by atoms with Gasteiger partial charge in [0.15, 0.2) is 0 Å². The summed E-state index contributed by atoms with van der Waals surface area (Å²) >= 11 is 0. The van der Waals surface area contributed by atoms with Crippen LogP contribution in [0, 0.1) is 10.1 Å². The van der Waals surface area contributed by atoms with Crippen molar-refractivity contribution in [2.75, 3.05) is 23.9 Å². The summed E-state index contributed by atoms with van der Waals surface area (Å²) < 4.78 is 5.36. The van der Waals surface area contributed by atoms with E-state index in [1.165, 1.54) is 25.3 Å². The van der Waals surface area contributed by atoms with Crippen LogP contribution < -0.4 is 15.0 Å². The topological polar surface area (TPSA) is 102 Å². The number of para-hydroxylation sites is 1. The summed E-state index contributed by atoms with van der Waals surface area (Å²) in [5, 5.41) is 13.7. The van der Waals surface area contributed by atoms with Gasteiger partial charge in [0.1, 0.15) is 5.75 Å². The molecule has 0 aromatic heterocycles. The molecule has 144 valence electrons. The van der Waals surface area contributed by atoms with Gasteiger partial charge in [-0.1, -0.05) is 12.1 Å². The molecule has 2 amide bonds. The van der Waals surface area contributed by atoms with Gasteiger partial charge in [-0.05, 0) is 30.7 Å². The zero-order valence-electron chi connectivity index (χ0n) is 15.3. The molecule has 0 spiro atoms. The first-order chi connectivity index (χ1) is 13.5. The van der Waals surface area contributed by atoms with Crippen LogP contribution >= 0.6 is 0 Å². The number of benzene rings is 2. The molecule has 0 atom stereocenters. The molecule has 2 aromatic rings. The van der Waals surface area contributed by atoms with Crippen LogP contribution in [0.5, 0.6) is 5.75 Å². The molecule has 0 saturated carbocycles. The van der Waals surface area contributed by atoms with E-state index in [0.717, 1.165) is 6.42 Å². The third kappa shape index (κ3) is 4.17. The lowest BCUT2D eigenvalue weighted by Crippen LogP contribution is -2.24. The van der Waals surface area contributed by atoms with E-state index in [9.17, 15) is 19.7 Å². The second-order valence-corrected chi connectivity index (χ2v) is 6.17. The summed E-state index contributed by atoms with van der Waals surface area (Å²) in [4.78, 5) is 36.3. The third-order valence-electron chi connectivity index (χ3n) is 4.36. The van der Waals surface area contributed by atoms with E-state index < -0.39 is 10.8 Å². The SMILES string of the molecule is COc1cc(NC(=O)/C=C/c2ccccc2[N+](=O)[O-])ccc1N1CCCC1=O. The molecule has 0 radical (unpaired) electrons. The van der Waals surface area contributed by atoms with E-state index in [1.54, 1.807) is 41.3 Å². The molecular weight excluding hydrogens is 362 g/mol. The molecular formula is C20H19N3O5. The van der Waals surface area contributed by atoms with Crippen LogP contribution in [0.2, 0.25) is 0 Å². The van der Waals surface area contributed by atoms with Crippen molar-refractivity contribution >= 4 is 35.0 Å². The van der Waals surface area contributed by atoms with E-state index in [1.807, 2.05) is 0 Å². The number of rotatable bonds is 6. The number of nitrogens with one attached hydrogen (secondary N) is 1. The number of nitro groups is 1. The Hall–Kier alpha value is -3.68. The van der Waals surface area contributed by atoms with Crippen molar-refractivity contribution in [1.82, 2.24) is 0 Å². The Kier molecular flexibility index (Phi) is 5.69. The first-order valence-electron chi connectivity index (χ1n) is 8.70. The highest BCUT2D eigenvalue weighted by Gasteiger charge is 2.24. The van der Waals surface area contributed by atoms with Crippen molar-refractivity contribution in [3.63, 3.8) is 0 Å². The minimum Gasteiger partial charge on any atom is -0.494 e. The van der Waals surface area contributed by atoms with Crippen LogP contribution in [-0.2, 0) is 9.59 Å². The van der Waals surface area contributed by atoms with Crippen molar-refractivity contribution in [2.45, 2.75) is 12.8 Å². The Bertz CT molecular complexity index is 955. The summed E-state index contributed by atoms with van der Waals surface area (Å²) in [5.74, 6) is 0.0865. The third-order valence-corrected chi connectivity index (χ3v) is 4.36. The van der Waals surface area contributed by atoms with Gasteiger partial charge in [-0.2, -0.15) is 0 Å². The number of carbonyl (C=O) groups excluding carboxylic acids is 2. The molecule has 1 fully saturated rings. The molecule has 1 N–H and O–H groups in total. The minimum atomic E-state index is -0.499. The normalized spacial score (nSPS) is 13.8. The first kappa shape index (κ1) is 19.1. The fraction of sp³-hybridized carbons (Fsp3) is 0.200. The molecule has 8 nitrogen and oxygen atoms in total. The van der Waals surface area contributed by atoms with Crippen molar-refractivity contribution in [3.05, 3.63) is 64.2 Å². The van der Waals surface area contributed by atoms with Crippen molar-refractivity contribution in [1.29, 1.82) is 0 Å². The Morgan fingerprint density at radius 1 is 1.29 bits per heavy atom. The van der Waals surface area contributed by atoms with Crippen molar-refractivity contribution < 1.29 is 19.2 Å². The highest BCUT2D eigenvalue weighted by Crippen LogP contribution is 2.33. The Morgan fingerprint density at radius 2 is 2.07 bits per heavy atom. The molecule has 1 saturated heterocycles. The molecule has 28 heavy (non-hydrogen) atoms. The number of hydrogen-bond acceptors (Lipinski definition) is 5. The van der Waals surface area contributed by atoms with Gasteiger partial charge in [0.05, 0.1) is 23.3 Å². The van der Waals surface area contributed by atoms with Gasteiger partial charge in [0, 0.05) is 36.9 Å². The van der Waals surface area contributed by atoms with Crippen LogP contribution in [0.1, 0.15) is 18.4 Å². The first-order valence-corrected chi connectivity index (χ1v) is 8.70. The predicted molar refractivity (Wildman–Crippen MR) is 105 cm³/mol. The number of hydrogen-bond donors (Lipinski definition) is 1. The van der Waals surface area contributed by atoms with E-state index in [4.69, 9.17) is 4.74 Å². The second-order valence-electron chi connectivity index (χ2n) is 6.17. The number of methoxy groups -OCH3 is 1. The zero-order valence-corrected chi connectivity index (χ0v) is 15.3. The highest BCUT2D eigenvalue weighted by molar-refractivity contribution is 6.03. The number of ether oxygens (including phenoxy) is 1. The average Bonchev–Trinajstić information content (AvgIpc) is 3.12. The fourth-order valence-electron chi connectivity index (χ4n) is 3.03. The number of carbonyl (C=O) groups is 2. The van der Waals surface area contributed by atoms with Gasteiger partial charge in [0.2, 0.25) is 11.8 Å². The molecule has 2 aromatic carbocycles. The van der Waals surface area contributed by atoms with Crippen LogP contribution in [0.4, 0.5) is 17.1 Å². The molecule has 1 aliphatic heterocycles. The van der Waals surface area contributed by atoms with E-state index in [0.29, 0.717) is 35.7 Å². The number of anilines is 2. The van der Waals surface area contributed by atoms with Crippen LogP contribution in [0.3, 0.4) is 0 Å². The largest absolute Gasteiger partial charge is 0.494 e.